The summed E-state index contributed by atoms with van der Waals surface area (Å²) in [5, 5.41) is 2.87. The van der Waals surface area contributed by atoms with Gasteiger partial charge in [0.15, 0.2) is 0 Å². The molecule has 1 saturated heterocycles. The van der Waals surface area contributed by atoms with Crippen LogP contribution in [0.5, 0.6) is 0 Å². The average molecular weight is 363 g/mol. The number of nitrogens with zero attached hydrogens (tertiary/aromatic N) is 2. The van der Waals surface area contributed by atoms with Gasteiger partial charge in [-0.25, -0.2) is 0 Å². The van der Waals surface area contributed by atoms with Crippen LogP contribution < -0.4 is 10.2 Å². The fourth-order valence-electron chi connectivity index (χ4n) is 3.63. The number of amides is 3. The fraction of sp³-hybridized carbons (Fsp3) is 0.286. The van der Waals surface area contributed by atoms with E-state index in [1.165, 1.54) is 12.8 Å². The molecule has 6 nitrogen and oxygen atoms in total. The third-order valence-corrected chi connectivity index (χ3v) is 5.04. The van der Waals surface area contributed by atoms with Crippen molar-refractivity contribution in [2.45, 2.75) is 19.3 Å². The summed E-state index contributed by atoms with van der Waals surface area (Å²) in [5.41, 5.74) is 2.64. The smallest absolute Gasteiger partial charge is 0.261 e. The van der Waals surface area contributed by atoms with Crippen LogP contribution in [-0.4, -0.2) is 42.3 Å². The number of benzene rings is 2. The van der Waals surface area contributed by atoms with Gasteiger partial charge in [0, 0.05) is 37.4 Å². The van der Waals surface area contributed by atoms with Crippen LogP contribution in [0.2, 0.25) is 0 Å². The van der Waals surface area contributed by atoms with E-state index in [1.54, 1.807) is 24.3 Å². The van der Waals surface area contributed by atoms with Crippen molar-refractivity contribution in [3.8, 4) is 0 Å². The highest BCUT2D eigenvalue weighted by molar-refractivity contribution is 6.21. The Morgan fingerprint density at radius 1 is 0.926 bits per heavy atom. The summed E-state index contributed by atoms with van der Waals surface area (Å²) in [6.07, 6.45) is 2.45. The summed E-state index contributed by atoms with van der Waals surface area (Å²) in [7, 11) is 0. The van der Waals surface area contributed by atoms with Gasteiger partial charge < -0.3 is 10.2 Å². The minimum absolute atomic E-state index is 0.0689. The lowest BCUT2D eigenvalue weighted by molar-refractivity contribution is -0.116. The highest BCUT2D eigenvalue weighted by Crippen LogP contribution is 2.24. The molecule has 0 aliphatic carbocycles. The number of carbonyl (C=O) groups is 3. The molecule has 2 aliphatic rings. The lowest BCUT2D eigenvalue weighted by Crippen LogP contribution is -2.32. The quantitative estimate of drug-likeness (QED) is 0.830. The van der Waals surface area contributed by atoms with Crippen LogP contribution in [0, 0.1) is 0 Å². The Balaban J connectivity index is 1.36. The van der Waals surface area contributed by atoms with Crippen LogP contribution in [0.4, 0.5) is 11.4 Å². The Labute approximate surface area is 157 Å². The SMILES string of the molecule is O=C(CCN1C(=O)c2ccccc2C1=O)Nc1cccc(N2CCCC2)c1. The maximum Gasteiger partial charge on any atom is 0.261 e. The van der Waals surface area contributed by atoms with Crippen molar-refractivity contribution in [2.24, 2.45) is 0 Å². The van der Waals surface area contributed by atoms with Crippen LogP contribution in [0.25, 0.3) is 0 Å². The predicted octanol–water partition coefficient (Wildman–Crippen LogP) is 2.91. The van der Waals surface area contributed by atoms with Gasteiger partial charge in [-0.3, -0.25) is 19.3 Å². The Morgan fingerprint density at radius 3 is 2.26 bits per heavy atom. The molecule has 3 amide bonds. The molecule has 2 aromatic carbocycles. The van der Waals surface area contributed by atoms with Crippen molar-refractivity contribution in [3.05, 3.63) is 59.7 Å². The van der Waals surface area contributed by atoms with Crippen molar-refractivity contribution in [3.63, 3.8) is 0 Å². The maximum atomic E-state index is 12.3. The molecule has 0 spiro atoms. The number of hydrogen-bond donors (Lipinski definition) is 1. The van der Waals surface area contributed by atoms with Crippen molar-refractivity contribution in [1.29, 1.82) is 0 Å². The summed E-state index contributed by atoms with van der Waals surface area (Å²) in [6.45, 7) is 2.15. The Morgan fingerprint density at radius 2 is 1.59 bits per heavy atom. The zero-order valence-corrected chi connectivity index (χ0v) is 15.0. The third kappa shape index (κ3) is 3.43. The number of imide groups is 1. The summed E-state index contributed by atoms with van der Waals surface area (Å²) in [4.78, 5) is 40.4. The first-order valence-corrected chi connectivity index (χ1v) is 9.23. The number of hydrogen-bond acceptors (Lipinski definition) is 4. The van der Waals surface area contributed by atoms with Gasteiger partial charge in [-0.1, -0.05) is 18.2 Å². The fourth-order valence-corrected chi connectivity index (χ4v) is 3.63. The van der Waals surface area contributed by atoms with Crippen molar-refractivity contribution in [2.75, 3.05) is 29.9 Å². The predicted molar refractivity (Wildman–Crippen MR) is 103 cm³/mol. The van der Waals surface area contributed by atoms with Gasteiger partial charge in [0.25, 0.3) is 11.8 Å². The van der Waals surface area contributed by atoms with E-state index >= 15 is 0 Å². The van der Waals surface area contributed by atoms with E-state index in [2.05, 4.69) is 10.2 Å². The van der Waals surface area contributed by atoms with Crippen molar-refractivity contribution in [1.82, 2.24) is 4.90 Å². The van der Waals surface area contributed by atoms with Crippen molar-refractivity contribution >= 4 is 29.1 Å². The molecule has 2 aliphatic heterocycles. The van der Waals surface area contributed by atoms with Gasteiger partial charge in [0.1, 0.15) is 0 Å². The van der Waals surface area contributed by atoms with Gasteiger partial charge >= 0.3 is 0 Å². The zero-order chi connectivity index (χ0) is 18.8. The molecule has 2 heterocycles. The van der Waals surface area contributed by atoms with Crippen LogP contribution in [0.15, 0.2) is 48.5 Å². The molecule has 0 unspecified atom stereocenters. The molecule has 1 fully saturated rings. The second-order valence-corrected chi connectivity index (χ2v) is 6.85. The van der Waals surface area contributed by atoms with E-state index in [-0.39, 0.29) is 30.7 Å². The first kappa shape index (κ1) is 17.3. The number of nitrogens with one attached hydrogen (secondary N) is 1. The standard InChI is InChI=1S/C21H21N3O3/c25-19(22-15-6-5-7-16(14-15)23-11-3-4-12-23)10-13-24-20(26)17-8-1-2-9-18(17)21(24)27/h1-2,5-9,14H,3-4,10-13H2,(H,22,25). The van der Waals surface area contributed by atoms with E-state index in [0.29, 0.717) is 11.1 Å². The molecule has 0 aromatic heterocycles. The summed E-state index contributed by atoms with van der Waals surface area (Å²) < 4.78 is 0. The number of rotatable bonds is 5. The normalized spacial score (nSPS) is 16.0. The van der Waals surface area contributed by atoms with E-state index in [0.717, 1.165) is 29.4 Å². The average Bonchev–Trinajstić information content (AvgIpc) is 3.29. The third-order valence-electron chi connectivity index (χ3n) is 5.04. The first-order valence-electron chi connectivity index (χ1n) is 9.23. The monoisotopic (exact) mass is 363 g/mol. The van der Waals surface area contributed by atoms with E-state index < -0.39 is 0 Å². The molecule has 6 heteroatoms. The van der Waals surface area contributed by atoms with E-state index in [4.69, 9.17) is 0 Å². The maximum absolute atomic E-state index is 12.3. The topological polar surface area (TPSA) is 69.7 Å². The Kier molecular flexibility index (Phi) is 4.62. The summed E-state index contributed by atoms with van der Waals surface area (Å²) in [5.74, 6) is -0.885. The minimum Gasteiger partial charge on any atom is -0.371 e. The van der Waals surface area contributed by atoms with Gasteiger partial charge in [-0.05, 0) is 43.2 Å². The largest absolute Gasteiger partial charge is 0.371 e. The van der Waals surface area contributed by atoms with Gasteiger partial charge in [0.2, 0.25) is 5.91 Å². The molecule has 27 heavy (non-hydrogen) atoms. The highest BCUT2D eigenvalue weighted by Gasteiger charge is 2.34. The Bertz CT molecular complexity index is 868. The molecular weight excluding hydrogens is 342 g/mol. The molecular formula is C21H21N3O3. The molecule has 1 N–H and O–H groups in total. The summed E-state index contributed by atoms with van der Waals surface area (Å²) in [6, 6.07) is 14.5. The lowest BCUT2D eigenvalue weighted by Gasteiger charge is -2.18. The van der Waals surface area contributed by atoms with Gasteiger partial charge in [-0.2, -0.15) is 0 Å². The van der Waals surface area contributed by atoms with Crippen LogP contribution >= 0.6 is 0 Å². The second-order valence-electron chi connectivity index (χ2n) is 6.85. The number of anilines is 2. The molecule has 0 saturated carbocycles. The minimum atomic E-state index is -0.334. The van der Waals surface area contributed by atoms with Crippen molar-refractivity contribution < 1.29 is 14.4 Å². The van der Waals surface area contributed by atoms with Crippen LogP contribution in [-0.2, 0) is 4.79 Å². The van der Waals surface area contributed by atoms with Gasteiger partial charge in [-0.15, -0.1) is 0 Å². The highest BCUT2D eigenvalue weighted by atomic mass is 16.2. The molecule has 0 radical (unpaired) electrons. The van der Waals surface area contributed by atoms with Crippen LogP contribution in [0.3, 0.4) is 0 Å². The zero-order valence-electron chi connectivity index (χ0n) is 15.0. The van der Waals surface area contributed by atoms with Crippen LogP contribution in [0.1, 0.15) is 40.0 Å². The second kappa shape index (κ2) is 7.23. The molecule has 0 bridgehead atoms. The molecule has 4 rings (SSSR count). The van der Waals surface area contributed by atoms with E-state index in [1.807, 2.05) is 24.3 Å². The lowest BCUT2D eigenvalue weighted by atomic mass is 10.1. The molecule has 0 atom stereocenters. The Hall–Kier alpha value is -3.15. The number of fused-ring (bicyclic) bond motifs is 1. The summed E-state index contributed by atoms with van der Waals surface area (Å²) >= 11 is 0. The molecule has 2 aromatic rings. The first-order chi connectivity index (χ1) is 13.1. The number of carbonyl (C=O) groups excluding carboxylic acids is 3. The van der Waals surface area contributed by atoms with Gasteiger partial charge in [0.05, 0.1) is 11.1 Å². The molecule has 138 valence electrons. The van der Waals surface area contributed by atoms with E-state index in [9.17, 15) is 14.4 Å².